The Bertz CT molecular complexity index is 1370. The summed E-state index contributed by atoms with van der Waals surface area (Å²) in [5.74, 6) is 0.395. The third-order valence-corrected chi connectivity index (χ3v) is 5.76. The third-order valence-electron chi connectivity index (χ3n) is 5.76. The van der Waals surface area contributed by atoms with Gasteiger partial charge in [0.05, 0.1) is 16.5 Å². The SMILES string of the molecule is Cc1ncc2c(N3C[C@@H](C)N[C@@H](C)C3)ncc(C(=O)Nc3cc(F)c4nn(C)cc4c3)c2n1. The van der Waals surface area contributed by atoms with Crippen LogP contribution >= 0.6 is 0 Å². The number of pyridine rings is 1. The Kier molecular flexibility index (Phi) is 5.16. The first-order valence-corrected chi connectivity index (χ1v) is 10.9. The molecule has 0 unspecified atom stereocenters. The molecule has 33 heavy (non-hydrogen) atoms. The van der Waals surface area contributed by atoms with Crippen LogP contribution in [-0.4, -0.2) is 55.8 Å². The van der Waals surface area contributed by atoms with Crippen molar-refractivity contribution in [2.24, 2.45) is 7.05 Å². The summed E-state index contributed by atoms with van der Waals surface area (Å²) in [6.45, 7) is 7.62. The van der Waals surface area contributed by atoms with E-state index in [0.29, 0.717) is 45.4 Å². The lowest BCUT2D eigenvalue weighted by Gasteiger charge is -2.37. The van der Waals surface area contributed by atoms with E-state index in [0.717, 1.165) is 18.9 Å². The number of nitrogens with zero attached hydrogens (tertiary/aromatic N) is 6. The zero-order valence-electron chi connectivity index (χ0n) is 18.9. The lowest BCUT2D eigenvalue weighted by Crippen LogP contribution is -2.54. The molecule has 1 saturated heterocycles. The summed E-state index contributed by atoms with van der Waals surface area (Å²) >= 11 is 0. The zero-order chi connectivity index (χ0) is 23.3. The molecular weight excluding hydrogens is 423 g/mol. The van der Waals surface area contributed by atoms with Crippen molar-refractivity contribution < 1.29 is 9.18 Å². The highest BCUT2D eigenvalue weighted by atomic mass is 19.1. The van der Waals surface area contributed by atoms with Crippen LogP contribution in [0.3, 0.4) is 0 Å². The van der Waals surface area contributed by atoms with Crippen LogP contribution in [0.4, 0.5) is 15.9 Å². The summed E-state index contributed by atoms with van der Waals surface area (Å²) in [6.07, 6.45) is 4.96. The van der Waals surface area contributed by atoms with Crippen LogP contribution in [0.1, 0.15) is 30.0 Å². The second-order valence-electron chi connectivity index (χ2n) is 8.70. The quantitative estimate of drug-likeness (QED) is 0.497. The fourth-order valence-electron chi connectivity index (χ4n) is 4.50. The zero-order valence-corrected chi connectivity index (χ0v) is 18.9. The van der Waals surface area contributed by atoms with Crippen molar-refractivity contribution in [1.82, 2.24) is 30.0 Å². The maximum Gasteiger partial charge on any atom is 0.259 e. The second-order valence-corrected chi connectivity index (χ2v) is 8.70. The Morgan fingerprint density at radius 3 is 2.67 bits per heavy atom. The number of piperazine rings is 1. The van der Waals surface area contributed by atoms with E-state index in [1.807, 2.05) is 0 Å². The third kappa shape index (κ3) is 3.97. The number of nitrogens with one attached hydrogen (secondary N) is 2. The van der Waals surface area contributed by atoms with Gasteiger partial charge in [0.1, 0.15) is 17.2 Å². The molecular formula is C23H25FN8O. The molecule has 5 rings (SSSR count). The lowest BCUT2D eigenvalue weighted by molar-refractivity contribution is 0.102. The Hall–Kier alpha value is -3.66. The maximum absolute atomic E-state index is 14.5. The van der Waals surface area contributed by atoms with E-state index in [-0.39, 0.29) is 5.52 Å². The van der Waals surface area contributed by atoms with Gasteiger partial charge in [0, 0.05) is 61.9 Å². The minimum absolute atomic E-state index is 0.259. The normalized spacial score (nSPS) is 18.8. The predicted molar refractivity (Wildman–Crippen MR) is 125 cm³/mol. The highest BCUT2D eigenvalue weighted by molar-refractivity contribution is 6.13. The molecule has 1 fully saturated rings. The number of carbonyl (C=O) groups is 1. The van der Waals surface area contributed by atoms with Gasteiger partial charge in [-0.2, -0.15) is 5.10 Å². The molecule has 1 aromatic carbocycles. The van der Waals surface area contributed by atoms with Crippen LogP contribution in [0, 0.1) is 12.7 Å². The van der Waals surface area contributed by atoms with Crippen LogP contribution < -0.4 is 15.5 Å². The van der Waals surface area contributed by atoms with Crippen molar-refractivity contribution in [3.8, 4) is 0 Å². The predicted octanol–water partition coefficient (Wildman–Crippen LogP) is 2.80. The fraction of sp³-hybridized carbons (Fsp3) is 0.348. The maximum atomic E-state index is 14.5. The largest absolute Gasteiger partial charge is 0.353 e. The van der Waals surface area contributed by atoms with Crippen molar-refractivity contribution in [3.63, 3.8) is 0 Å². The molecule has 0 spiro atoms. The molecule has 1 aliphatic rings. The minimum Gasteiger partial charge on any atom is -0.353 e. The molecule has 4 heterocycles. The number of anilines is 2. The average molecular weight is 449 g/mol. The molecule has 10 heteroatoms. The summed E-state index contributed by atoms with van der Waals surface area (Å²) in [5.41, 5.74) is 1.43. The van der Waals surface area contributed by atoms with E-state index in [2.05, 4.69) is 49.4 Å². The van der Waals surface area contributed by atoms with Crippen molar-refractivity contribution in [1.29, 1.82) is 0 Å². The van der Waals surface area contributed by atoms with Crippen molar-refractivity contribution in [2.45, 2.75) is 32.9 Å². The van der Waals surface area contributed by atoms with Gasteiger partial charge < -0.3 is 15.5 Å². The number of hydrogen-bond acceptors (Lipinski definition) is 7. The van der Waals surface area contributed by atoms with E-state index >= 15 is 0 Å². The standard InChI is InChI=1S/C23H25FN8O/c1-12-9-32(10-13(2)27-12)22-17-7-25-14(3)28-21(17)18(8-26-22)23(33)29-16-5-15-11-31(4)30-20(15)19(24)6-16/h5-8,11-13,27H,9-10H2,1-4H3,(H,29,33)/t12-,13+. The van der Waals surface area contributed by atoms with Crippen LogP contribution in [0.5, 0.6) is 0 Å². The summed E-state index contributed by atoms with van der Waals surface area (Å²) in [7, 11) is 1.72. The summed E-state index contributed by atoms with van der Waals surface area (Å²) in [6, 6.07) is 3.56. The van der Waals surface area contributed by atoms with Crippen molar-refractivity contribution >= 4 is 39.2 Å². The van der Waals surface area contributed by atoms with E-state index in [1.165, 1.54) is 16.9 Å². The monoisotopic (exact) mass is 448 g/mol. The van der Waals surface area contributed by atoms with Crippen LogP contribution in [0.25, 0.3) is 21.8 Å². The van der Waals surface area contributed by atoms with E-state index in [9.17, 15) is 9.18 Å². The number of hydrogen-bond donors (Lipinski definition) is 2. The molecule has 0 bridgehead atoms. The molecule has 1 amide bonds. The molecule has 0 radical (unpaired) electrons. The molecule has 9 nitrogen and oxygen atoms in total. The number of benzene rings is 1. The van der Waals surface area contributed by atoms with Crippen molar-refractivity contribution in [3.05, 3.63) is 47.9 Å². The van der Waals surface area contributed by atoms with Gasteiger partial charge in [-0.25, -0.2) is 19.3 Å². The molecule has 3 aromatic heterocycles. The molecule has 2 atom stereocenters. The summed E-state index contributed by atoms with van der Waals surface area (Å²) < 4.78 is 16.0. The molecule has 0 saturated carbocycles. The molecule has 4 aromatic rings. The minimum atomic E-state index is -0.498. The smallest absolute Gasteiger partial charge is 0.259 e. The number of halogens is 1. The topological polar surface area (TPSA) is 101 Å². The van der Waals surface area contributed by atoms with Crippen LogP contribution in [-0.2, 0) is 7.05 Å². The number of carbonyl (C=O) groups excluding carboxylic acids is 1. The van der Waals surface area contributed by atoms with Gasteiger partial charge in [-0.15, -0.1) is 0 Å². The lowest BCUT2D eigenvalue weighted by atomic mass is 10.1. The van der Waals surface area contributed by atoms with Gasteiger partial charge in [0.25, 0.3) is 5.91 Å². The molecule has 1 aliphatic heterocycles. The first-order valence-electron chi connectivity index (χ1n) is 10.9. The van der Waals surface area contributed by atoms with Gasteiger partial charge in [-0.05, 0) is 32.9 Å². The highest BCUT2D eigenvalue weighted by Gasteiger charge is 2.25. The first kappa shape index (κ1) is 21.2. The average Bonchev–Trinajstić information content (AvgIpc) is 3.12. The Morgan fingerprint density at radius 1 is 1.15 bits per heavy atom. The van der Waals surface area contributed by atoms with Gasteiger partial charge in [-0.1, -0.05) is 0 Å². The Morgan fingerprint density at radius 2 is 1.91 bits per heavy atom. The fourth-order valence-corrected chi connectivity index (χ4v) is 4.50. The second kappa shape index (κ2) is 8.04. The highest BCUT2D eigenvalue weighted by Crippen LogP contribution is 2.28. The van der Waals surface area contributed by atoms with E-state index < -0.39 is 11.7 Å². The first-order chi connectivity index (χ1) is 15.8. The van der Waals surface area contributed by atoms with Gasteiger partial charge in [0.15, 0.2) is 5.82 Å². The molecule has 0 aliphatic carbocycles. The summed E-state index contributed by atoms with van der Waals surface area (Å²) in [5, 5.41) is 11.7. The summed E-state index contributed by atoms with van der Waals surface area (Å²) in [4.78, 5) is 28.9. The van der Waals surface area contributed by atoms with Gasteiger partial charge in [-0.3, -0.25) is 9.48 Å². The molecule has 170 valence electrons. The van der Waals surface area contributed by atoms with E-state index in [1.54, 1.807) is 32.4 Å². The number of aromatic nitrogens is 5. The number of aryl methyl sites for hydroxylation is 2. The molecule has 2 N–H and O–H groups in total. The Labute approximate surface area is 190 Å². The van der Waals surface area contributed by atoms with Gasteiger partial charge in [0.2, 0.25) is 0 Å². The Balaban J connectivity index is 1.53. The number of rotatable bonds is 3. The van der Waals surface area contributed by atoms with Crippen LogP contribution in [0.15, 0.2) is 30.7 Å². The van der Waals surface area contributed by atoms with E-state index in [4.69, 9.17) is 0 Å². The number of fused-ring (bicyclic) bond motifs is 2. The van der Waals surface area contributed by atoms with Crippen LogP contribution in [0.2, 0.25) is 0 Å². The van der Waals surface area contributed by atoms with Gasteiger partial charge >= 0.3 is 0 Å². The number of amides is 1. The van der Waals surface area contributed by atoms with Crippen molar-refractivity contribution in [2.75, 3.05) is 23.3 Å².